The maximum absolute atomic E-state index is 10.6. The molecule has 1 N–H and O–H groups in total. The van der Waals surface area contributed by atoms with Crippen molar-refractivity contribution in [2.45, 2.75) is 19.3 Å². The Balaban J connectivity index is 2.31. The fourth-order valence-corrected chi connectivity index (χ4v) is 2.03. The predicted molar refractivity (Wildman–Crippen MR) is 60.0 cm³/mol. The second-order valence-electron chi connectivity index (χ2n) is 3.72. The van der Waals surface area contributed by atoms with Crippen molar-refractivity contribution < 1.29 is 9.90 Å². The van der Waals surface area contributed by atoms with Gasteiger partial charge in [0.25, 0.3) is 0 Å². The summed E-state index contributed by atoms with van der Waals surface area (Å²) >= 11 is 5.88. The molecule has 0 unspecified atom stereocenters. The van der Waals surface area contributed by atoms with Gasteiger partial charge >= 0.3 is 5.97 Å². The summed E-state index contributed by atoms with van der Waals surface area (Å²) in [5.74, 6) is -0.772. The monoisotopic (exact) mass is 222 g/mol. The summed E-state index contributed by atoms with van der Waals surface area (Å²) in [6.45, 7) is 0. The van der Waals surface area contributed by atoms with Gasteiger partial charge in [0, 0.05) is 5.02 Å². The minimum atomic E-state index is -0.772. The summed E-state index contributed by atoms with van der Waals surface area (Å²) in [4.78, 5) is 10.6. The van der Waals surface area contributed by atoms with Crippen LogP contribution in [0.15, 0.2) is 23.8 Å². The highest BCUT2D eigenvalue weighted by molar-refractivity contribution is 6.30. The molecule has 0 heterocycles. The lowest BCUT2D eigenvalue weighted by molar-refractivity contribution is -0.136. The number of carboxylic acid groups (broad SMARTS) is 1. The van der Waals surface area contributed by atoms with Crippen molar-refractivity contribution in [3.8, 4) is 0 Å². The topological polar surface area (TPSA) is 37.3 Å². The SMILES string of the molecule is O=C(O)CC1=Cc2cc(Cl)ccc2CC1. The van der Waals surface area contributed by atoms with E-state index in [4.69, 9.17) is 16.7 Å². The second-order valence-corrected chi connectivity index (χ2v) is 4.15. The van der Waals surface area contributed by atoms with Gasteiger partial charge in [-0.25, -0.2) is 0 Å². The van der Waals surface area contributed by atoms with Gasteiger partial charge in [0.1, 0.15) is 0 Å². The molecule has 0 bridgehead atoms. The number of fused-ring (bicyclic) bond motifs is 1. The van der Waals surface area contributed by atoms with Crippen molar-refractivity contribution in [3.63, 3.8) is 0 Å². The van der Waals surface area contributed by atoms with Gasteiger partial charge in [-0.1, -0.05) is 29.3 Å². The van der Waals surface area contributed by atoms with Crippen molar-refractivity contribution in [2.24, 2.45) is 0 Å². The van der Waals surface area contributed by atoms with E-state index in [1.165, 1.54) is 5.56 Å². The zero-order chi connectivity index (χ0) is 10.8. The molecule has 0 atom stereocenters. The first-order valence-electron chi connectivity index (χ1n) is 4.85. The first-order valence-corrected chi connectivity index (χ1v) is 5.22. The van der Waals surface area contributed by atoms with E-state index in [2.05, 4.69) is 0 Å². The molecule has 0 fully saturated rings. The molecule has 2 nitrogen and oxygen atoms in total. The van der Waals surface area contributed by atoms with Crippen LogP contribution in [0.4, 0.5) is 0 Å². The third-order valence-electron chi connectivity index (χ3n) is 2.56. The number of aliphatic carboxylic acids is 1. The van der Waals surface area contributed by atoms with Crippen molar-refractivity contribution >= 4 is 23.6 Å². The summed E-state index contributed by atoms with van der Waals surface area (Å²) in [5, 5.41) is 9.40. The maximum atomic E-state index is 10.6. The lowest BCUT2D eigenvalue weighted by Gasteiger charge is -2.15. The van der Waals surface area contributed by atoms with Crippen LogP contribution in [0.1, 0.15) is 24.0 Å². The number of benzene rings is 1. The summed E-state index contributed by atoms with van der Waals surface area (Å²) in [6.07, 6.45) is 3.82. The van der Waals surface area contributed by atoms with E-state index < -0.39 is 5.97 Å². The van der Waals surface area contributed by atoms with Crippen LogP contribution in [0.3, 0.4) is 0 Å². The number of rotatable bonds is 2. The van der Waals surface area contributed by atoms with Crippen LogP contribution in [0.5, 0.6) is 0 Å². The summed E-state index contributed by atoms with van der Waals surface area (Å²) in [6, 6.07) is 5.76. The Bertz CT molecular complexity index is 435. The molecule has 0 amide bonds. The number of carbonyl (C=O) groups is 1. The highest BCUT2D eigenvalue weighted by Crippen LogP contribution is 2.27. The molecule has 0 spiro atoms. The number of hydrogen-bond donors (Lipinski definition) is 1. The minimum Gasteiger partial charge on any atom is -0.481 e. The molecule has 0 aromatic heterocycles. The molecule has 2 rings (SSSR count). The summed E-state index contributed by atoms with van der Waals surface area (Å²) in [7, 11) is 0. The van der Waals surface area contributed by atoms with E-state index in [1.54, 1.807) is 0 Å². The zero-order valence-corrected chi connectivity index (χ0v) is 8.92. The van der Waals surface area contributed by atoms with Gasteiger partial charge in [0.15, 0.2) is 0 Å². The Morgan fingerprint density at radius 1 is 1.40 bits per heavy atom. The van der Waals surface area contributed by atoms with Crippen LogP contribution in [0, 0.1) is 0 Å². The predicted octanol–water partition coefficient (Wildman–Crippen LogP) is 3.14. The van der Waals surface area contributed by atoms with Gasteiger partial charge in [-0.2, -0.15) is 0 Å². The highest BCUT2D eigenvalue weighted by Gasteiger charge is 2.12. The van der Waals surface area contributed by atoms with Gasteiger partial charge in [0.2, 0.25) is 0 Å². The first-order chi connectivity index (χ1) is 7.15. The molecule has 0 saturated heterocycles. The molecule has 1 aromatic rings. The third kappa shape index (κ3) is 2.39. The number of halogens is 1. The van der Waals surface area contributed by atoms with Gasteiger partial charge in [-0.3, -0.25) is 4.79 Å². The summed E-state index contributed by atoms with van der Waals surface area (Å²) < 4.78 is 0. The van der Waals surface area contributed by atoms with Crippen LogP contribution in [0.25, 0.3) is 6.08 Å². The minimum absolute atomic E-state index is 0.131. The van der Waals surface area contributed by atoms with Gasteiger partial charge in [-0.15, -0.1) is 0 Å². The van der Waals surface area contributed by atoms with Gasteiger partial charge in [-0.05, 0) is 36.1 Å². The second kappa shape index (κ2) is 4.07. The standard InChI is InChI=1S/C12H11ClO2/c13-11-4-3-9-2-1-8(6-12(14)15)5-10(9)7-11/h3-5,7H,1-2,6H2,(H,14,15). The van der Waals surface area contributed by atoms with Crippen LogP contribution >= 0.6 is 11.6 Å². The smallest absolute Gasteiger partial charge is 0.307 e. The quantitative estimate of drug-likeness (QED) is 0.835. The molecule has 0 saturated carbocycles. The zero-order valence-electron chi connectivity index (χ0n) is 8.16. The van der Waals surface area contributed by atoms with Gasteiger partial charge < -0.3 is 5.11 Å². The van der Waals surface area contributed by atoms with E-state index in [9.17, 15) is 4.79 Å². The Morgan fingerprint density at radius 3 is 2.93 bits per heavy atom. The van der Waals surface area contributed by atoms with Crippen LogP contribution < -0.4 is 0 Å². The maximum Gasteiger partial charge on any atom is 0.307 e. The highest BCUT2D eigenvalue weighted by atomic mass is 35.5. The Hall–Kier alpha value is -1.28. The van der Waals surface area contributed by atoms with Crippen molar-refractivity contribution in [2.75, 3.05) is 0 Å². The molecule has 3 heteroatoms. The molecular weight excluding hydrogens is 212 g/mol. The molecule has 0 radical (unpaired) electrons. The Kier molecular flexibility index (Phi) is 2.78. The largest absolute Gasteiger partial charge is 0.481 e. The van der Waals surface area contributed by atoms with Crippen molar-refractivity contribution in [1.82, 2.24) is 0 Å². The fourth-order valence-electron chi connectivity index (χ4n) is 1.85. The Morgan fingerprint density at radius 2 is 2.20 bits per heavy atom. The normalized spacial score (nSPS) is 14.3. The number of carboxylic acids is 1. The van der Waals surface area contributed by atoms with Gasteiger partial charge in [0.05, 0.1) is 6.42 Å². The fraction of sp³-hybridized carbons (Fsp3) is 0.250. The molecule has 1 aromatic carbocycles. The first kappa shape index (κ1) is 10.2. The Labute approximate surface area is 93.2 Å². The molecule has 1 aliphatic carbocycles. The molecule has 1 aliphatic rings. The van der Waals surface area contributed by atoms with Crippen LogP contribution in [-0.2, 0) is 11.2 Å². The number of aryl methyl sites for hydroxylation is 1. The average Bonchev–Trinajstić information content (AvgIpc) is 2.16. The van der Waals surface area contributed by atoms with Crippen molar-refractivity contribution in [3.05, 3.63) is 39.9 Å². The van der Waals surface area contributed by atoms with E-state index in [0.29, 0.717) is 5.02 Å². The van der Waals surface area contributed by atoms with Crippen LogP contribution in [-0.4, -0.2) is 11.1 Å². The molecule has 0 aliphatic heterocycles. The summed E-state index contributed by atoms with van der Waals surface area (Å²) in [5.41, 5.74) is 3.27. The number of hydrogen-bond acceptors (Lipinski definition) is 1. The van der Waals surface area contributed by atoms with E-state index in [0.717, 1.165) is 24.0 Å². The van der Waals surface area contributed by atoms with Crippen LogP contribution in [0.2, 0.25) is 5.02 Å². The third-order valence-corrected chi connectivity index (χ3v) is 2.80. The molecule has 78 valence electrons. The average molecular weight is 223 g/mol. The van der Waals surface area contributed by atoms with Crippen molar-refractivity contribution in [1.29, 1.82) is 0 Å². The lowest BCUT2D eigenvalue weighted by atomic mass is 9.91. The lowest BCUT2D eigenvalue weighted by Crippen LogP contribution is -2.03. The molecule has 15 heavy (non-hydrogen) atoms. The molecular formula is C12H11ClO2. The van der Waals surface area contributed by atoms with E-state index >= 15 is 0 Å². The van der Waals surface area contributed by atoms with E-state index in [1.807, 2.05) is 24.3 Å². The van der Waals surface area contributed by atoms with E-state index in [-0.39, 0.29) is 6.42 Å².